The fraction of sp³-hybridized carbons (Fsp3) is 0.600. The van der Waals surface area contributed by atoms with Crippen LogP contribution < -0.4 is 20.3 Å². The predicted molar refractivity (Wildman–Crippen MR) is 102 cm³/mol. The zero-order valence-corrected chi connectivity index (χ0v) is 15.9. The van der Waals surface area contributed by atoms with E-state index in [2.05, 4.69) is 13.8 Å². The van der Waals surface area contributed by atoms with Crippen LogP contribution in [0, 0.1) is 0 Å². The molecular weight excluding hydrogens is 425 g/mol. The maximum atomic E-state index is 11.6. The Morgan fingerprint density at radius 3 is 2.38 bits per heavy atom. The van der Waals surface area contributed by atoms with Crippen LogP contribution in [0.25, 0.3) is 0 Å². The molecule has 0 spiro atoms. The fourth-order valence-electron chi connectivity index (χ4n) is 1.77. The van der Waals surface area contributed by atoms with Gasteiger partial charge < -0.3 is 16.8 Å². The molecule has 0 radical (unpaired) electrons. The van der Waals surface area contributed by atoms with Gasteiger partial charge in [0.25, 0.3) is 0 Å². The van der Waals surface area contributed by atoms with Gasteiger partial charge in [0.15, 0.2) is 11.7 Å². The highest BCUT2D eigenvalue weighted by molar-refractivity contribution is 14.1. The first-order chi connectivity index (χ1) is 11.5. The SMILES string of the molecule is NC(N)=NCCCCC(=O)NCCCCC(=O)/C=C/CC(=O)NI. The topological polar surface area (TPSA) is 140 Å². The number of amides is 2. The Morgan fingerprint density at radius 2 is 1.71 bits per heavy atom. The number of hydrogen-bond donors (Lipinski definition) is 4. The third-order valence-corrected chi connectivity index (χ3v) is 3.59. The number of unbranched alkanes of at least 4 members (excludes halogenated alkanes) is 2. The van der Waals surface area contributed by atoms with Gasteiger partial charge >= 0.3 is 0 Å². The summed E-state index contributed by atoms with van der Waals surface area (Å²) in [5, 5.41) is 2.81. The second kappa shape index (κ2) is 14.9. The van der Waals surface area contributed by atoms with Crippen molar-refractivity contribution in [3.63, 3.8) is 0 Å². The first-order valence-corrected chi connectivity index (χ1v) is 8.94. The molecule has 0 aliphatic heterocycles. The molecule has 0 bridgehead atoms. The molecule has 0 saturated carbocycles. The number of nitrogens with two attached hydrogens (primary N) is 2. The molecule has 6 N–H and O–H groups in total. The number of allylic oxidation sites excluding steroid dienone is 1. The molecule has 0 heterocycles. The molecule has 0 aromatic heterocycles. The highest BCUT2D eigenvalue weighted by Crippen LogP contribution is 1.99. The third kappa shape index (κ3) is 15.3. The van der Waals surface area contributed by atoms with Crippen molar-refractivity contribution >= 4 is 46.4 Å². The molecule has 24 heavy (non-hydrogen) atoms. The van der Waals surface area contributed by atoms with Crippen molar-refractivity contribution in [3.05, 3.63) is 12.2 Å². The van der Waals surface area contributed by atoms with Crippen LogP contribution in [0.4, 0.5) is 0 Å². The highest BCUT2D eigenvalue weighted by atomic mass is 127. The van der Waals surface area contributed by atoms with Gasteiger partial charge in [-0.3, -0.25) is 22.9 Å². The van der Waals surface area contributed by atoms with E-state index in [1.807, 2.05) is 0 Å². The third-order valence-electron chi connectivity index (χ3n) is 2.99. The first kappa shape index (κ1) is 22.4. The molecule has 0 rings (SSSR count). The Bertz CT molecular complexity index is 462. The summed E-state index contributed by atoms with van der Waals surface area (Å²) in [5.41, 5.74) is 10.4. The molecule has 8 nitrogen and oxygen atoms in total. The van der Waals surface area contributed by atoms with Crippen molar-refractivity contribution in [2.75, 3.05) is 13.1 Å². The average Bonchev–Trinajstić information content (AvgIpc) is 2.53. The van der Waals surface area contributed by atoms with Crippen LogP contribution in [-0.4, -0.2) is 36.6 Å². The second-order valence-electron chi connectivity index (χ2n) is 5.16. The minimum absolute atomic E-state index is 0.00395. The van der Waals surface area contributed by atoms with Crippen LogP contribution in [0.5, 0.6) is 0 Å². The summed E-state index contributed by atoms with van der Waals surface area (Å²) in [6.07, 6.45) is 6.99. The monoisotopic (exact) mass is 451 g/mol. The Hall–Kier alpha value is -1.65. The summed E-state index contributed by atoms with van der Waals surface area (Å²) in [6, 6.07) is 0. The van der Waals surface area contributed by atoms with Crippen LogP contribution in [0.3, 0.4) is 0 Å². The van der Waals surface area contributed by atoms with Gasteiger partial charge in [-0.15, -0.1) is 0 Å². The lowest BCUT2D eigenvalue weighted by molar-refractivity contribution is -0.121. The van der Waals surface area contributed by atoms with E-state index in [9.17, 15) is 14.4 Å². The molecule has 0 fully saturated rings. The van der Waals surface area contributed by atoms with Crippen LogP contribution in [0.1, 0.15) is 44.9 Å². The van der Waals surface area contributed by atoms with Crippen molar-refractivity contribution in [3.8, 4) is 0 Å². The largest absolute Gasteiger partial charge is 0.370 e. The quantitative estimate of drug-likeness (QED) is 0.0815. The van der Waals surface area contributed by atoms with Gasteiger partial charge in [-0.05, 0) is 31.8 Å². The van der Waals surface area contributed by atoms with Crippen molar-refractivity contribution in [1.29, 1.82) is 0 Å². The van der Waals surface area contributed by atoms with Crippen LogP contribution >= 0.6 is 22.9 Å². The average molecular weight is 451 g/mol. The number of hydrogen-bond acceptors (Lipinski definition) is 4. The molecule has 0 aliphatic carbocycles. The van der Waals surface area contributed by atoms with E-state index in [4.69, 9.17) is 11.5 Å². The molecule has 2 amide bonds. The Labute approximate surface area is 156 Å². The summed E-state index contributed by atoms with van der Waals surface area (Å²) in [5.74, 6) is -0.0872. The van der Waals surface area contributed by atoms with Gasteiger partial charge in [0.1, 0.15) is 0 Å². The Balaban J connectivity index is 3.54. The lowest BCUT2D eigenvalue weighted by Gasteiger charge is -2.04. The zero-order valence-electron chi connectivity index (χ0n) is 13.7. The standard InChI is InChI=1S/C15H26IN5O3/c16-21-14(24)9-5-7-12(22)6-1-3-10-19-13(23)8-2-4-11-20-15(17)18/h5,7H,1-4,6,8-11H2,(H,19,23)(H,21,24)(H4,17,18,20)/b7-5+. The van der Waals surface area contributed by atoms with Gasteiger partial charge in [-0.2, -0.15) is 0 Å². The fourth-order valence-corrected chi connectivity index (χ4v) is 1.99. The minimum atomic E-state index is -0.138. The van der Waals surface area contributed by atoms with Gasteiger partial charge in [0.2, 0.25) is 11.8 Å². The van der Waals surface area contributed by atoms with E-state index < -0.39 is 0 Å². The number of carbonyl (C=O) groups excluding carboxylic acids is 3. The summed E-state index contributed by atoms with van der Waals surface area (Å²) < 4.78 is 2.45. The summed E-state index contributed by atoms with van der Waals surface area (Å²) in [7, 11) is 0. The van der Waals surface area contributed by atoms with Crippen LogP contribution in [0.15, 0.2) is 17.1 Å². The molecule has 0 aliphatic rings. The van der Waals surface area contributed by atoms with E-state index in [1.165, 1.54) is 6.08 Å². The summed E-state index contributed by atoms with van der Waals surface area (Å²) in [4.78, 5) is 37.9. The van der Waals surface area contributed by atoms with Crippen LogP contribution in [0.2, 0.25) is 0 Å². The lowest BCUT2D eigenvalue weighted by Crippen LogP contribution is -2.24. The second-order valence-corrected chi connectivity index (χ2v) is 5.70. The maximum absolute atomic E-state index is 11.6. The number of rotatable bonds is 13. The number of nitrogens with zero attached hydrogens (tertiary/aromatic N) is 1. The minimum Gasteiger partial charge on any atom is -0.370 e. The molecular formula is C15H26IN5O3. The van der Waals surface area contributed by atoms with E-state index in [-0.39, 0.29) is 30.0 Å². The molecule has 136 valence electrons. The van der Waals surface area contributed by atoms with Crippen molar-refractivity contribution in [2.45, 2.75) is 44.9 Å². The first-order valence-electron chi connectivity index (χ1n) is 7.86. The summed E-state index contributed by atoms with van der Waals surface area (Å²) in [6.45, 7) is 1.09. The number of ketones is 1. The van der Waals surface area contributed by atoms with Crippen molar-refractivity contribution in [1.82, 2.24) is 8.85 Å². The van der Waals surface area contributed by atoms with Crippen LogP contribution in [-0.2, 0) is 14.4 Å². The predicted octanol–water partition coefficient (Wildman–Crippen LogP) is 0.698. The number of guanidine groups is 1. The van der Waals surface area contributed by atoms with E-state index in [0.717, 1.165) is 19.3 Å². The van der Waals surface area contributed by atoms with E-state index in [0.29, 0.717) is 32.4 Å². The molecule has 0 aromatic carbocycles. The van der Waals surface area contributed by atoms with Crippen molar-refractivity contribution < 1.29 is 14.4 Å². The molecule has 0 atom stereocenters. The van der Waals surface area contributed by atoms with Gasteiger partial charge in [-0.1, -0.05) is 6.08 Å². The number of carbonyl (C=O) groups is 3. The van der Waals surface area contributed by atoms with E-state index >= 15 is 0 Å². The van der Waals surface area contributed by atoms with E-state index in [1.54, 1.807) is 28.9 Å². The normalized spacial score (nSPS) is 10.4. The molecule has 0 saturated heterocycles. The van der Waals surface area contributed by atoms with Gasteiger partial charge in [0.05, 0.1) is 22.9 Å². The Morgan fingerprint density at radius 1 is 1.00 bits per heavy atom. The van der Waals surface area contributed by atoms with Gasteiger partial charge in [-0.25, -0.2) is 0 Å². The number of nitrogens with one attached hydrogen (secondary N) is 2. The van der Waals surface area contributed by atoms with Crippen molar-refractivity contribution in [2.24, 2.45) is 16.5 Å². The molecule has 9 heteroatoms. The highest BCUT2D eigenvalue weighted by Gasteiger charge is 2.02. The zero-order chi connectivity index (χ0) is 18.2. The number of halogens is 1. The Kier molecular flexibility index (Phi) is 13.9. The smallest absolute Gasteiger partial charge is 0.232 e. The lowest BCUT2D eigenvalue weighted by atomic mass is 10.1. The molecule has 0 aromatic rings. The number of aliphatic imine (C=N–C) groups is 1. The molecule has 0 unspecified atom stereocenters. The van der Waals surface area contributed by atoms with Gasteiger partial charge in [0, 0.05) is 32.4 Å². The maximum Gasteiger partial charge on any atom is 0.232 e. The summed E-state index contributed by atoms with van der Waals surface area (Å²) >= 11 is 1.75.